The lowest BCUT2D eigenvalue weighted by Gasteiger charge is -2.09. The molecule has 1 aromatic carbocycles. The molecule has 0 unspecified atom stereocenters. The molecule has 0 saturated heterocycles. The number of ether oxygens (including phenoxy) is 1. The van der Waals surface area contributed by atoms with Crippen molar-refractivity contribution in [2.75, 3.05) is 13.1 Å². The fourth-order valence-electron chi connectivity index (χ4n) is 1.81. The topological polar surface area (TPSA) is 50.7 Å². The van der Waals surface area contributed by atoms with Crippen LogP contribution < -0.4 is 10.1 Å². The number of carbonyl (C=O) groups excluding carboxylic acids is 1. The highest BCUT2D eigenvalue weighted by Crippen LogP contribution is 2.15. The number of ketones is 1. The molecule has 2 rings (SSSR count). The van der Waals surface area contributed by atoms with Gasteiger partial charge < -0.3 is 10.1 Å². The summed E-state index contributed by atoms with van der Waals surface area (Å²) < 4.78 is 5.53. The summed E-state index contributed by atoms with van der Waals surface area (Å²) in [5.74, 6) is 1.67. The van der Waals surface area contributed by atoms with Gasteiger partial charge in [0.1, 0.15) is 11.6 Å². The molecule has 4 heteroatoms. The Morgan fingerprint density at radius 1 is 1.39 bits per heavy atom. The third kappa shape index (κ3) is 3.32. The van der Waals surface area contributed by atoms with Crippen molar-refractivity contribution in [1.82, 2.24) is 5.32 Å². The van der Waals surface area contributed by atoms with E-state index >= 15 is 0 Å². The van der Waals surface area contributed by atoms with Gasteiger partial charge in [0, 0.05) is 12.1 Å². The van der Waals surface area contributed by atoms with Gasteiger partial charge >= 0.3 is 0 Å². The van der Waals surface area contributed by atoms with Crippen molar-refractivity contribution in [3.63, 3.8) is 0 Å². The van der Waals surface area contributed by atoms with Crippen LogP contribution in [0.25, 0.3) is 0 Å². The number of aliphatic imine (C=N–C) groups is 1. The number of carbonyl (C=O) groups is 1. The molecular weight excluding hydrogens is 228 g/mol. The second-order valence-electron chi connectivity index (χ2n) is 4.55. The van der Waals surface area contributed by atoms with E-state index in [4.69, 9.17) is 4.74 Å². The van der Waals surface area contributed by atoms with Crippen LogP contribution in [-0.2, 0) is 0 Å². The summed E-state index contributed by atoms with van der Waals surface area (Å²) in [7, 11) is 0. The molecule has 0 atom stereocenters. The Bertz CT molecular complexity index is 449. The maximum atomic E-state index is 12.0. The van der Waals surface area contributed by atoms with Gasteiger partial charge in [-0.25, -0.2) is 0 Å². The van der Waals surface area contributed by atoms with Gasteiger partial charge in [0.15, 0.2) is 5.78 Å². The summed E-state index contributed by atoms with van der Waals surface area (Å²) in [6, 6.07) is 7.26. The smallest absolute Gasteiger partial charge is 0.170 e. The minimum atomic E-state index is 0.0826. The average molecular weight is 246 g/mol. The largest absolute Gasteiger partial charge is 0.491 e. The zero-order chi connectivity index (χ0) is 13.0. The Kier molecular flexibility index (Phi) is 3.97. The molecule has 18 heavy (non-hydrogen) atoms. The number of amidine groups is 1. The van der Waals surface area contributed by atoms with Gasteiger partial charge in [0.05, 0.1) is 19.1 Å². The fraction of sp³-hybridized carbons (Fsp3) is 0.429. The van der Waals surface area contributed by atoms with Crippen LogP contribution >= 0.6 is 0 Å². The molecule has 0 saturated carbocycles. The highest BCUT2D eigenvalue weighted by Gasteiger charge is 2.12. The van der Waals surface area contributed by atoms with Crippen LogP contribution in [-0.4, -0.2) is 30.8 Å². The summed E-state index contributed by atoms with van der Waals surface area (Å²) in [5.41, 5.74) is 0.697. The first kappa shape index (κ1) is 12.6. The molecule has 0 bridgehead atoms. The molecule has 1 aliphatic heterocycles. The van der Waals surface area contributed by atoms with Crippen LogP contribution in [0.2, 0.25) is 0 Å². The van der Waals surface area contributed by atoms with Gasteiger partial charge in [-0.05, 0) is 38.1 Å². The van der Waals surface area contributed by atoms with Gasteiger partial charge in [-0.1, -0.05) is 0 Å². The van der Waals surface area contributed by atoms with E-state index in [1.165, 1.54) is 0 Å². The zero-order valence-corrected chi connectivity index (χ0v) is 10.8. The average Bonchev–Trinajstić information content (AvgIpc) is 2.82. The van der Waals surface area contributed by atoms with E-state index < -0.39 is 0 Å². The first-order valence-electron chi connectivity index (χ1n) is 6.22. The summed E-state index contributed by atoms with van der Waals surface area (Å²) in [4.78, 5) is 16.2. The third-order valence-electron chi connectivity index (χ3n) is 2.62. The van der Waals surface area contributed by atoms with Gasteiger partial charge in [0.2, 0.25) is 0 Å². The predicted octanol–water partition coefficient (Wildman–Crippen LogP) is 2.05. The minimum absolute atomic E-state index is 0.0826. The SMILES string of the molecule is CC(C)Oc1ccc(C(=O)CC2=NCCN2)cc1. The quantitative estimate of drug-likeness (QED) is 0.809. The summed E-state index contributed by atoms with van der Waals surface area (Å²) in [5, 5.41) is 3.10. The van der Waals surface area contributed by atoms with Crippen LogP contribution in [0.4, 0.5) is 0 Å². The second kappa shape index (κ2) is 5.67. The number of nitrogens with zero attached hydrogens (tertiary/aromatic N) is 1. The Balaban J connectivity index is 1.98. The highest BCUT2D eigenvalue weighted by atomic mass is 16.5. The maximum absolute atomic E-state index is 12.0. The van der Waals surface area contributed by atoms with Crippen LogP contribution in [0.5, 0.6) is 5.75 Å². The van der Waals surface area contributed by atoms with Crippen LogP contribution in [0.1, 0.15) is 30.6 Å². The van der Waals surface area contributed by atoms with Gasteiger partial charge in [-0.2, -0.15) is 0 Å². The summed E-state index contributed by atoms with van der Waals surface area (Å²) in [6.45, 7) is 5.56. The lowest BCUT2D eigenvalue weighted by molar-refractivity contribution is 0.1000. The standard InChI is InChI=1S/C14H18N2O2/c1-10(2)18-12-5-3-11(4-6-12)13(17)9-14-15-7-8-16-14/h3-6,10H,7-9H2,1-2H3,(H,15,16). The zero-order valence-electron chi connectivity index (χ0n) is 10.8. The van der Waals surface area contributed by atoms with Crippen LogP contribution in [0.15, 0.2) is 29.3 Å². The molecule has 0 spiro atoms. The fourth-order valence-corrected chi connectivity index (χ4v) is 1.81. The molecule has 1 heterocycles. The first-order chi connectivity index (χ1) is 8.65. The Morgan fingerprint density at radius 3 is 2.67 bits per heavy atom. The molecule has 1 N–H and O–H groups in total. The molecule has 1 aliphatic rings. The predicted molar refractivity (Wildman–Crippen MR) is 71.5 cm³/mol. The van der Waals surface area contributed by atoms with Crippen molar-refractivity contribution in [3.05, 3.63) is 29.8 Å². The van der Waals surface area contributed by atoms with Crippen molar-refractivity contribution in [3.8, 4) is 5.75 Å². The molecule has 96 valence electrons. The van der Waals surface area contributed by atoms with Crippen molar-refractivity contribution in [2.45, 2.75) is 26.4 Å². The van der Waals surface area contributed by atoms with E-state index in [2.05, 4.69) is 10.3 Å². The number of hydrogen-bond acceptors (Lipinski definition) is 4. The molecule has 0 aliphatic carbocycles. The van der Waals surface area contributed by atoms with Gasteiger partial charge in [0.25, 0.3) is 0 Å². The van der Waals surface area contributed by atoms with E-state index in [-0.39, 0.29) is 11.9 Å². The minimum Gasteiger partial charge on any atom is -0.491 e. The van der Waals surface area contributed by atoms with Gasteiger partial charge in [-0.3, -0.25) is 9.79 Å². The van der Waals surface area contributed by atoms with E-state index in [1.807, 2.05) is 26.0 Å². The Hall–Kier alpha value is -1.84. The van der Waals surface area contributed by atoms with Crippen molar-refractivity contribution in [2.24, 2.45) is 4.99 Å². The molecule has 0 aromatic heterocycles. The Labute approximate surface area is 107 Å². The second-order valence-corrected chi connectivity index (χ2v) is 4.55. The van der Waals surface area contributed by atoms with Crippen LogP contribution in [0, 0.1) is 0 Å². The van der Waals surface area contributed by atoms with Crippen molar-refractivity contribution < 1.29 is 9.53 Å². The Morgan fingerprint density at radius 2 is 2.11 bits per heavy atom. The number of rotatable bonds is 5. The van der Waals surface area contributed by atoms with E-state index in [1.54, 1.807) is 12.1 Å². The normalized spacial score (nSPS) is 14.3. The number of benzene rings is 1. The molecular formula is C14H18N2O2. The molecule has 4 nitrogen and oxygen atoms in total. The van der Waals surface area contributed by atoms with E-state index in [0.717, 1.165) is 24.7 Å². The lowest BCUT2D eigenvalue weighted by Crippen LogP contribution is -2.21. The maximum Gasteiger partial charge on any atom is 0.170 e. The first-order valence-corrected chi connectivity index (χ1v) is 6.22. The summed E-state index contributed by atoms with van der Waals surface area (Å²) in [6.07, 6.45) is 0.494. The third-order valence-corrected chi connectivity index (χ3v) is 2.62. The van der Waals surface area contributed by atoms with Crippen molar-refractivity contribution in [1.29, 1.82) is 0 Å². The molecule has 1 aromatic rings. The molecule has 0 fully saturated rings. The molecule has 0 radical (unpaired) electrons. The monoisotopic (exact) mass is 246 g/mol. The van der Waals surface area contributed by atoms with Crippen molar-refractivity contribution >= 4 is 11.6 Å². The number of Topliss-reactive ketones (excluding diaryl/α,β-unsaturated/α-hetero) is 1. The molecule has 0 amide bonds. The highest BCUT2D eigenvalue weighted by molar-refractivity contribution is 6.09. The number of hydrogen-bond donors (Lipinski definition) is 1. The number of nitrogens with one attached hydrogen (secondary N) is 1. The van der Waals surface area contributed by atoms with Gasteiger partial charge in [-0.15, -0.1) is 0 Å². The van der Waals surface area contributed by atoms with E-state index in [9.17, 15) is 4.79 Å². The lowest BCUT2D eigenvalue weighted by atomic mass is 10.1. The summed E-state index contributed by atoms with van der Waals surface area (Å²) >= 11 is 0. The van der Waals surface area contributed by atoms with E-state index in [0.29, 0.717) is 12.0 Å². The van der Waals surface area contributed by atoms with Crippen LogP contribution in [0.3, 0.4) is 0 Å².